The van der Waals surface area contributed by atoms with E-state index >= 15 is 0 Å². The van der Waals surface area contributed by atoms with E-state index < -0.39 is 5.97 Å². The van der Waals surface area contributed by atoms with Crippen LogP contribution in [0.2, 0.25) is 0 Å². The fraction of sp³-hybridized carbons (Fsp3) is 0.0909. The van der Waals surface area contributed by atoms with E-state index in [4.69, 9.17) is 10.1 Å². The van der Waals surface area contributed by atoms with E-state index in [0.29, 0.717) is 0 Å². The number of nitrogens with one attached hydrogen (secondary N) is 2. The molecule has 3 aromatic carbocycles. The minimum Gasteiger partial charge on any atom is -0.481 e. The first-order valence-electron chi connectivity index (χ1n) is 8.72. The highest BCUT2D eigenvalue weighted by molar-refractivity contribution is 6.09. The topological polar surface area (TPSA) is 74.2 Å². The molecule has 0 aliphatic rings. The number of benzene rings is 3. The predicted molar refractivity (Wildman–Crippen MR) is 110 cm³/mol. The Labute approximate surface area is 156 Å². The summed E-state index contributed by atoms with van der Waals surface area (Å²) in [5.41, 5.74) is 5.50. The third-order valence-electron chi connectivity index (χ3n) is 4.55. The summed E-state index contributed by atoms with van der Waals surface area (Å²) in [4.78, 5) is 15.7. The molecule has 0 amide bonds. The van der Waals surface area contributed by atoms with Gasteiger partial charge in [-0.2, -0.15) is 0 Å². The van der Waals surface area contributed by atoms with Gasteiger partial charge in [-0.25, -0.2) is 4.98 Å². The van der Waals surface area contributed by atoms with E-state index in [0.717, 1.165) is 44.4 Å². The number of hydrogen-bond acceptors (Lipinski definition) is 4. The van der Waals surface area contributed by atoms with Crippen LogP contribution in [0.4, 0.5) is 17.1 Å². The van der Waals surface area contributed by atoms with Gasteiger partial charge in [-0.15, -0.1) is 0 Å². The second-order valence-corrected chi connectivity index (χ2v) is 6.38. The van der Waals surface area contributed by atoms with Crippen LogP contribution in [0.1, 0.15) is 5.56 Å². The lowest BCUT2D eigenvalue weighted by atomic mass is 10.1. The molecule has 0 atom stereocenters. The van der Waals surface area contributed by atoms with Crippen molar-refractivity contribution < 1.29 is 9.90 Å². The van der Waals surface area contributed by atoms with E-state index in [1.165, 1.54) is 0 Å². The molecule has 5 heteroatoms. The Hall–Kier alpha value is -3.60. The first-order chi connectivity index (χ1) is 13.1. The van der Waals surface area contributed by atoms with Gasteiger partial charge in [-0.1, -0.05) is 30.3 Å². The van der Waals surface area contributed by atoms with Gasteiger partial charge in [0.1, 0.15) is 0 Å². The molecule has 0 saturated carbocycles. The zero-order chi connectivity index (χ0) is 18.8. The maximum atomic E-state index is 10.9. The molecule has 134 valence electrons. The van der Waals surface area contributed by atoms with E-state index in [-0.39, 0.29) is 6.42 Å². The zero-order valence-corrected chi connectivity index (χ0v) is 14.9. The Bertz CT molecular complexity index is 1140. The number of nitrogens with zero attached hydrogens (tertiary/aromatic N) is 1. The fourth-order valence-corrected chi connectivity index (χ4v) is 3.21. The SMILES string of the molecule is CNc1ccc2c(Nc3ccc(CC(=O)O)cc3)c3ccccc3nc2c1. The summed E-state index contributed by atoms with van der Waals surface area (Å²) in [6.45, 7) is 0. The molecule has 5 nitrogen and oxygen atoms in total. The van der Waals surface area contributed by atoms with Crippen LogP contribution in [0.15, 0.2) is 66.7 Å². The van der Waals surface area contributed by atoms with Crippen molar-refractivity contribution in [1.82, 2.24) is 4.98 Å². The zero-order valence-electron chi connectivity index (χ0n) is 14.9. The average molecular weight is 357 g/mol. The van der Waals surface area contributed by atoms with Crippen LogP contribution in [0.25, 0.3) is 21.8 Å². The highest BCUT2D eigenvalue weighted by Crippen LogP contribution is 2.34. The summed E-state index contributed by atoms with van der Waals surface area (Å²) < 4.78 is 0. The standard InChI is InChI=1S/C22H19N3O2/c1-23-16-10-11-18-20(13-16)25-19-5-3-2-4-17(19)22(18)24-15-8-6-14(7-9-15)12-21(26)27/h2-11,13,23H,12H2,1H3,(H,24,25)(H,26,27). The highest BCUT2D eigenvalue weighted by Gasteiger charge is 2.10. The van der Waals surface area contributed by atoms with Crippen molar-refractivity contribution in [2.45, 2.75) is 6.42 Å². The minimum absolute atomic E-state index is 0.0220. The van der Waals surface area contributed by atoms with Crippen molar-refractivity contribution >= 4 is 44.8 Å². The number of anilines is 3. The Morgan fingerprint density at radius 1 is 0.926 bits per heavy atom. The molecule has 0 radical (unpaired) electrons. The fourth-order valence-electron chi connectivity index (χ4n) is 3.21. The van der Waals surface area contributed by atoms with Crippen LogP contribution < -0.4 is 10.6 Å². The Morgan fingerprint density at radius 3 is 2.37 bits per heavy atom. The minimum atomic E-state index is -0.831. The normalized spacial score (nSPS) is 10.9. The molecule has 0 unspecified atom stereocenters. The number of carboxylic acid groups (broad SMARTS) is 1. The van der Waals surface area contributed by atoms with E-state index in [2.05, 4.69) is 22.8 Å². The monoisotopic (exact) mass is 357 g/mol. The van der Waals surface area contributed by atoms with E-state index in [1.54, 1.807) is 0 Å². The largest absolute Gasteiger partial charge is 0.481 e. The number of hydrogen-bond donors (Lipinski definition) is 3. The number of carbonyl (C=O) groups is 1. The molecule has 3 N–H and O–H groups in total. The first kappa shape index (κ1) is 16.8. The van der Waals surface area contributed by atoms with Gasteiger partial charge in [0.15, 0.2) is 0 Å². The van der Waals surface area contributed by atoms with Crippen molar-refractivity contribution in [3.05, 3.63) is 72.3 Å². The second-order valence-electron chi connectivity index (χ2n) is 6.38. The molecule has 4 rings (SSSR count). The molecule has 0 aliphatic carbocycles. The molecular formula is C22H19N3O2. The molecule has 1 heterocycles. The first-order valence-corrected chi connectivity index (χ1v) is 8.72. The Kier molecular flexibility index (Phi) is 4.34. The maximum Gasteiger partial charge on any atom is 0.307 e. The number of aromatic nitrogens is 1. The molecule has 4 aromatic rings. The van der Waals surface area contributed by atoms with Gasteiger partial charge in [0, 0.05) is 29.2 Å². The van der Waals surface area contributed by atoms with Crippen molar-refractivity contribution in [3.63, 3.8) is 0 Å². The lowest BCUT2D eigenvalue weighted by Gasteiger charge is -2.14. The maximum absolute atomic E-state index is 10.9. The Morgan fingerprint density at radius 2 is 1.63 bits per heavy atom. The van der Waals surface area contributed by atoms with Crippen LogP contribution in [-0.2, 0) is 11.2 Å². The Balaban J connectivity index is 1.82. The molecule has 0 spiro atoms. The lowest BCUT2D eigenvalue weighted by molar-refractivity contribution is -0.136. The average Bonchev–Trinajstić information content (AvgIpc) is 2.68. The van der Waals surface area contributed by atoms with Crippen molar-refractivity contribution in [3.8, 4) is 0 Å². The summed E-state index contributed by atoms with van der Waals surface area (Å²) >= 11 is 0. The van der Waals surface area contributed by atoms with Crippen LogP contribution in [0.5, 0.6) is 0 Å². The van der Waals surface area contributed by atoms with Crippen LogP contribution in [0.3, 0.4) is 0 Å². The molecule has 1 aromatic heterocycles. The number of para-hydroxylation sites is 1. The predicted octanol–water partition coefficient (Wildman–Crippen LogP) is 4.80. The third kappa shape index (κ3) is 3.40. The van der Waals surface area contributed by atoms with Crippen molar-refractivity contribution in [2.24, 2.45) is 0 Å². The molecule has 0 fully saturated rings. The quantitative estimate of drug-likeness (QED) is 0.447. The van der Waals surface area contributed by atoms with Gasteiger partial charge in [0.25, 0.3) is 0 Å². The van der Waals surface area contributed by atoms with E-state index in [9.17, 15) is 4.79 Å². The van der Waals surface area contributed by atoms with Crippen molar-refractivity contribution in [2.75, 3.05) is 17.7 Å². The second kappa shape index (κ2) is 6.96. The van der Waals surface area contributed by atoms with E-state index in [1.807, 2.05) is 61.6 Å². The van der Waals surface area contributed by atoms with Gasteiger partial charge < -0.3 is 15.7 Å². The molecular weight excluding hydrogens is 338 g/mol. The van der Waals surface area contributed by atoms with Gasteiger partial charge in [0.2, 0.25) is 0 Å². The molecule has 0 bridgehead atoms. The number of aliphatic carboxylic acids is 1. The summed E-state index contributed by atoms with van der Waals surface area (Å²) in [6, 6.07) is 21.6. The summed E-state index contributed by atoms with van der Waals surface area (Å²) in [6.07, 6.45) is 0.0220. The summed E-state index contributed by atoms with van der Waals surface area (Å²) in [5, 5.41) is 17.6. The number of pyridine rings is 1. The number of carboxylic acids is 1. The summed E-state index contributed by atoms with van der Waals surface area (Å²) in [5.74, 6) is -0.831. The van der Waals surface area contributed by atoms with Gasteiger partial charge in [-0.3, -0.25) is 4.79 Å². The van der Waals surface area contributed by atoms with Crippen LogP contribution in [-0.4, -0.2) is 23.1 Å². The van der Waals surface area contributed by atoms with Gasteiger partial charge in [0.05, 0.1) is 23.1 Å². The molecule has 0 saturated heterocycles. The summed E-state index contributed by atoms with van der Waals surface area (Å²) in [7, 11) is 1.89. The molecule has 0 aliphatic heterocycles. The number of fused-ring (bicyclic) bond motifs is 2. The highest BCUT2D eigenvalue weighted by atomic mass is 16.4. The van der Waals surface area contributed by atoms with Crippen LogP contribution in [0, 0.1) is 0 Å². The van der Waals surface area contributed by atoms with Crippen molar-refractivity contribution in [1.29, 1.82) is 0 Å². The lowest BCUT2D eigenvalue weighted by Crippen LogP contribution is -2.00. The van der Waals surface area contributed by atoms with Gasteiger partial charge >= 0.3 is 5.97 Å². The molecule has 27 heavy (non-hydrogen) atoms. The smallest absolute Gasteiger partial charge is 0.307 e. The van der Waals surface area contributed by atoms with Gasteiger partial charge in [-0.05, 0) is 42.0 Å². The number of rotatable bonds is 5. The third-order valence-corrected chi connectivity index (χ3v) is 4.55. The van der Waals surface area contributed by atoms with Crippen LogP contribution >= 0.6 is 0 Å².